The van der Waals surface area contributed by atoms with Crippen molar-refractivity contribution in [2.24, 2.45) is 5.73 Å². The maximum atomic E-state index is 14.8. The SMILES string of the molecule is C[C@@H]1NC(=O)CC[C@@H](C(=O)N[C@@H](CCCCN)C(=O)O)NC(=O)[C@H](C)NC(=O)[C@@H]2CCCN2C(=O)[C@H](Cc2ccccc2)NC(=O)C(Cc2ccc(C#N)cc2)NC(=O)[C@H]2CCCN2C(=O)[C@H](Cc2cnc[nH]2)NC1=O. The van der Waals surface area contributed by atoms with E-state index in [1.54, 1.807) is 54.6 Å². The number of nitriles is 1. The highest BCUT2D eigenvalue weighted by atomic mass is 16.4. The van der Waals surface area contributed by atoms with Crippen LogP contribution in [-0.4, -0.2) is 158 Å². The lowest BCUT2D eigenvalue weighted by Crippen LogP contribution is -2.60. The molecule has 3 aromatic rings. The number of carboxylic acid groups (broad SMARTS) is 1. The lowest BCUT2D eigenvalue weighted by molar-refractivity contribution is -0.143. The molecule has 0 saturated carbocycles. The van der Waals surface area contributed by atoms with E-state index in [0.717, 1.165) is 0 Å². The van der Waals surface area contributed by atoms with Gasteiger partial charge in [0, 0.05) is 50.7 Å². The zero-order chi connectivity index (χ0) is 54.9. The smallest absolute Gasteiger partial charge is 0.326 e. The molecule has 3 fully saturated rings. The summed E-state index contributed by atoms with van der Waals surface area (Å²) in [5.74, 6) is -8.15. The van der Waals surface area contributed by atoms with Crippen molar-refractivity contribution in [3.8, 4) is 6.07 Å². The molecule has 0 spiro atoms. The first-order valence-corrected chi connectivity index (χ1v) is 25.6. The van der Waals surface area contributed by atoms with Gasteiger partial charge in [-0.1, -0.05) is 42.5 Å². The molecule has 2 aromatic carbocycles. The predicted octanol–water partition coefficient (Wildman–Crippen LogP) is -1.27. The molecule has 3 aliphatic heterocycles. The molecule has 24 heteroatoms. The van der Waals surface area contributed by atoms with Gasteiger partial charge in [0.1, 0.15) is 54.4 Å². The van der Waals surface area contributed by atoms with Crippen LogP contribution in [-0.2, 0) is 67.2 Å². The Morgan fingerprint density at radius 2 is 1.28 bits per heavy atom. The fraction of sp³-hybridized carbons (Fsp3) is 0.500. The molecule has 406 valence electrons. The zero-order valence-electron chi connectivity index (χ0n) is 42.5. The predicted molar refractivity (Wildman–Crippen MR) is 271 cm³/mol. The fourth-order valence-electron chi connectivity index (χ4n) is 9.49. The number of aliphatic carboxylic acids is 1. The Morgan fingerprint density at radius 3 is 1.88 bits per heavy atom. The number of H-pyrrole nitrogens is 1. The first-order chi connectivity index (χ1) is 36.5. The summed E-state index contributed by atoms with van der Waals surface area (Å²) in [5, 5.41) is 37.9. The number of carbonyl (C=O) groups is 10. The minimum absolute atomic E-state index is 0.0136. The molecule has 0 aliphatic carbocycles. The van der Waals surface area contributed by atoms with E-state index in [2.05, 4.69) is 47.2 Å². The summed E-state index contributed by atoms with van der Waals surface area (Å²) in [7, 11) is 0. The molecular formula is C52H67N13O11. The minimum atomic E-state index is -1.52. The molecule has 9 atom stereocenters. The third kappa shape index (κ3) is 15.7. The van der Waals surface area contributed by atoms with E-state index in [9.17, 15) is 58.3 Å². The van der Waals surface area contributed by atoms with Crippen molar-refractivity contribution in [2.45, 2.75) is 145 Å². The third-order valence-electron chi connectivity index (χ3n) is 13.7. The summed E-state index contributed by atoms with van der Waals surface area (Å²) >= 11 is 0. The number of aromatic nitrogens is 2. The van der Waals surface area contributed by atoms with Gasteiger partial charge in [0.05, 0.1) is 18.0 Å². The maximum absolute atomic E-state index is 14.8. The normalized spacial score (nSPS) is 25.1. The number of hydrogen-bond acceptors (Lipinski definition) is 13. The number of nitrogens with zero attached hydrogens (tertiary/aromatic N) is 4. The Bertz CT molecular complexity index is 2610. The van der Waals surface area contributed by atoms with Gasteiger partial charge in [0.25, 0.3) is 0 Å². The number of rotatable bonds is 13. The average molecular weight is 1050 g/mol. The van der Waals surface area contributed by atoms with Crippen molar-refractivity contribution >= 4 is 59.1 Å². The van der Waals surface area contributed by atoms with Gasteiger partial charge in [-0.15, -0.1) is 0 Å². The number of unbranched alkanes of at least 4 members (excludes halogenated alkanes) is 1. The van der Waals surface area contributed by atoms with E-state index < -0.39 is 120 Å². The number of amides is 9. The summed E-state index contributed by atoms with van der Waals surface area (Å²) in [6, 6.07) is 5.57. The molecule has 1 aromatic heterocycles. The third-order valence-corrected chi connectivity index (χ3v) is 13.7. The van der Waals surface area contributed by atoms with E-state index in [4.69, 9.17) is 5.73 Å². The van der Waals surface area contributed by atoms with Crippen molar-refractivity contribution in [1.82, 2.24) is 57.0 Å². The molecular weight excluding hydrogens is 983 g/mol. The van der Waals surface area contributed by atoms with Crippen LogP contribution < -0.4 is 43.0 Å². The van der Waals surface area contributed by atoms with E-state index in [-0.39, 0.29) is 64.6 Å². The van der Waals surface area contributed by atoms with E-state index in [0.29, 0.717) is 48.1 Å². The summed E-state index contributed by atoms with van der Waals surface area (Å²) in [5.41, 5.74) is 7.61. The van der Waals surface area contributed by atoms with E-state index in [1.165, 1.54) is 36.2 Å². The molecule has 4 heterocycles. The van der Waals surface area contributed by atoms with Crippen LogP contribution in [0.5, 0.6) is 0 Å². The highest BCUT2D eigenvalue weighted by Crippen LogP contribution is 2.23. The number of carboxylic acids is 1. The summed E-state index contributed by atoms with van der Waals surface area (Å²) in [4.78, 5) is 149. The Labute approximate surface area is 439 Å². The summed E-state index contributed by atoms with van der Waals surface area (Å²) < 4.78 is 0. The van der Waals surface area contributed by atoms with Crippen molar-refractivity contribution in [3.63, 3.8) is 0 Å². The molecule has 24 nitrogen and oxygen atoms in total. The van der Waals surface area contributed by atoms with Gasteiger partial charge >= 0.3 is 5.97 Å². The maximum Gasteiger partial charge on any atom is 0.326 e. The van der Waals surface area contributed by atoms with Crippen LogP contribution in [0.15, 0.2) is 67.1 Å². The first-order valence-electron chi connectivity index (χ1n) is 25.6. The van der Waals surface area contributed by atoms with Gasteiger partial charge in [-0.25, -0.2) is 9.78 Å². The number of aromatic amines is 1. The van der Waals surface area contributed by atoms with Gasteiger partial charge in [-0.05, 0) is 95.0 Å². The lowest BCUT2D eigenvalue weighted by Gasteiger charge is -2.32. The number of nitrogens with one attached hydrogen (secondary N) is 8. The highest BCUT2D eigenvalue weighted by molar-refractivity contribution is 5.99. The van der Waals surface area contributed by atoms with Crippen molar-refractivity contribution in [1.29, 1.82) is 5.26 Å². The molecule has 11 N–H and O–H groups in total. The van der Waals surface area contributed by atoms with Crippen molar-refractivity contribution in [3.05, 3.63) is 89.5 Å². The minimum Gasteiger partial charge on any atom is -0.480 e. The average Bonchev–Trinajstić information content (AvgIpc) is 4.23. The first kappa shape index (κ1) is 57.1. The Morgan fingerprint density at radius 1 is 0.711 bits per heavy atom. The number of hydrogen-bond donors (Lipinski definition) is 10. The molecule has 6 rings (SSSR count). The number of benzene rings is 2. The Kier molecular flexibility index (Phi) is 20.6. The van der Waals surface area contributed by atoms with Crippen molar-refractivity contribution in [2.75, 3.05) is 19.6 Å². The molecule has 0 radical (unpaired) electrons. The topological polar surface area (TPSA) is 360 Å². The summed E-state index contributed by atoms with van der Waals surface area (Å²) in [6.45, 7) is 3.20. The van der Waals surface area contributed by atoms with Crippen LogP contribution in [0.4, 0.5) is 0 Å². The number of carbonyl (C=O) groups excluding carboxylic acids is 9. The van der Waals surface area contributed by atoms with Crippen molar-refractivity contribution < 1.29 is 53.1 Å². The van der Waals surface area contributed by atoms with Crippen LogP contribution in [0.25, 0.3) is 0 Å². The van der Waals surface area contributed by atoms with Crippen LogP contribution in [0, 0.1) is 11.3 Å². The molecule has 0 bridgehead atoms. The van der Waals surface area contributed by atoms with Gasteiger partial charge in [-0.3, -0.25) is 43.2 Å². The number of nitrogens with two attached hydrogens (primary N) is 1. The standard InChI is InChI=1S/C52H67N13O11/c1-30-44(67)62-40(26-35-28-55-29-56-35)51(74)65-23-9-14-42(65)49(72)61-38(24-33-15-17-34(27-54)18-16-33)47(70)63-39(25-32-10-4-3-5-11-32)50(73)64-22-8-13-41(64)48(71)58-31(2)45(68)59-36(19-20-43(66)57-30)46(69)60-37(52(75)76)12-6-7-21-53/h3-5,10-11,15-18,28-31,36-42H,6-9,12-14,19-26,53H2,1-2H3,(H,55,56)(H,57,66)(H,58,71)(H,59,68)(H,60,69)(H,61,72)(H,62,67)(H,63,70)(H,75,76)/t30-,31-,36-,37-,38?,39-,40-,41-,42+/m0/s1. The monoisotopic (exact) mass is 1050 g/mol. The van der Waals surface area contributed by atoms with Crippen LogP contribution in [0.2, 0.25) is 0 Å². The van der Waals surface area contributed by atoms with Crippen LogP contribution >= 0.6 is 0 Å². The van der Waals surface area contributed by atoms with Gasteiger partial charge in [0.2, 0.25) is 53.2 Å². The fourth-order valence-corrected chi connectivity index (χ4v) is 9.49. The molecule has 3 aliphatic rings. The lowest BCUT2D eigenvalue weighted by atomic mass is 10.0. The zero-order valence-corrected chi connectivity index (χ0v) is 42.5. The van der Waals surface area contributed by atoms with Crippen LogP contribution in [0.3, 0.4) is 0 Å². The Hall–Kier alpha value is -8.20. The van der Waals surface area contributed by atoms with Gasteiger partial charge < -0.3 is 62.8 Å². The number of imidazole rings is 1. The highest BCUT2D eigenvalue weighted by Gasteiger charge is 2.42. The van der Waals surface area contributed by atoms with Gasteiger partial charge in [-0.2, -0.15) is 5.26 Å². The molecule has 9 amide bonds. The number of fused-ring (bicyclic) bond motifs is 2. The van der Waals surface area contributed by atoms with Gasteiger partial charge in [0.15, 0.2) is 0 Å². The van der Waals surface area contributed by atoms with E-state index >= 15 is 0 Å². The molecule has 76 heavy (non-hydrogen) atoms. The van der Waals surface area contributed by atoms with Crippen LogP contribution in [0.1, 0.15) is 94.0 Å². The Balaban J connectivity index is 1.35. The summed E-state index contributed by atoms with van der Waals surface area (Å²) in [6.07, 6.45) is 3.74. The quantitative estimate of drug-likeness (QED) is 0.0894. The second-order valence-corrected chi connectivity index (χ2v) is 19.3. The second-order valence-electron chi connectivity index (χ2n) is 19.3. The second kappa shape index (κ2) is 27.4. The van der Waals surface area contributed by atoms with E-state index in [1.807, 2.05) is 6.07 Å². The molecule has 1 unspecified atom stereocenters. The largest absolute Gasteiger partial charge is 0.480 e. The molecule has 3 saturated heterocycles.